The summed E-state index contributed by atoms with van der Waals surface area (Å²) in [7, 11) is 0. The number of carbonyl (C=O) groups excluding carboxylic acids is 1. The quantitative estimate of drug-likeness (QED) is 0.683. The van der Waals surface area contributed by atoms with Gasteiger partial charge in [-0.15, -0.1) is 0 Å². The van der Waals surface area contributed by atoms with Crippen molar-refractivity contribution in [1.29, 1.82) is 0 Å². The van der Waals surface area contributed by atoms with Crippen molar-refractivity contribution in [3.8, 4) is 0 Å². The van der Waals surface area contributed by atoms with Crippen LogP contribution in [0.25, 0.3) is 10.9 Å². The molecule has 0 atom stereocenters. The maximum Gasteiger partial charge on any atom is 0.256 e. The first-order valence-electron chi connectivity index (χ1n) is 9.74. The standard InChI is InChI=1S/C22H23N3O2/c1-13-6-7-18-16(10-13)11-17(14(2)23-18)22(26)25-9-8-20-19(12-25)24-21(27-20)15-4-3-5-15/h6-7,10-11,15H,3-5,8-9,12H2,1-2H3. The minimum atomic E-state index is 0.0299. The molecule has 5 heteroatoms. The highest BCUT2D eigenvalue weighted by molar-refractivity contribution is 5.98. The Kier molecular flexibility index (Phi) is 3.78. The molecule has 1 fully saturated rings. The van der Waals surface area contributed by atoms with Gasteiger partial charge in [0.25, 0.3) is 5.91 Å². The monoisotopic (exact) mass is 361 g/mol. The summed E-state index contributed by atoms with van der Waals surface area (Å²) < 4.78 is 5.98. The molecule has 5 nitrogen and oxygen atoms in total. The van der Waals surface area contributed by atoms with E-state index in [1.54, 1.807) is 0 Å². The number of aryl methyl sites for hydroxylation is 2. The summed E-state index contributed by atoms with van der Waals surface area (Å²) in [6, 6.07) is 8.11. The van der Waals surface area contributed by atoms with Crippen LogP contribution in [0.5, 0.6) is 0 Å². The maximum absolute atomic E-state index is 13.2. The highest BCUT2D eigenvalue weighted by atomic mass is 16.4. The number of benzene rings is 1. The van der Waals surface area contributed by atoms with E-state index in [2.05, 4.69) is 18.0 Å². The first-order valence-corrected chi connectivity index (χ1v) is 9.74. The Bertz CT molecular complexity index is 1050. The van der Waals surface area contributed by atoms with Gasteiger partial charge in [-0.25, -0.2) is 4.98 Å². The van der Waals surface area contributed by atoms with Crippen LogP contribution in [0.4, 0.5) is 0 Å². The van der Waals surface area contributed by atoms with Gasteiger partial charge in [-0.3, -0.25) is 9.78 Å². The molecule has 138 valence electrons. The molecular weight excluding hydrogens is 338 g/mol. The van der Waals surface area contributed by atoms with Crippen LogP contribution in [0.2, 0.25) is 0 Å². The van der Waals surface area contributed by atoms with Crippen LogP contribution in [0.1, 0.15) is 64.1 Å². The van der Waals surface area contributed by atoms with Gasteiger partial charge in [-0.1, -0.05) is 18.1 Å². The summed E-state index contributed by atoms with van der Waals surface area (Å²) in [5, 5.41) is 1.01. The molecule has 0 unspecified atom stereocenters. The molecule has 1 aromatic carbocycles. The fourth-order valence-corrected chi connectivity index (χ4v) is 4.00. The van der Waals surface area contributed by atoms with Crippen LogP contribution in [0.3, 0.4) is 0 Å². The van der Waals surface area contributed by atoms with Gasteiger partial charge in [0.05, 0.1) is 23.3 Å². The van der Waals surface area contributed by atoms with Crippen molar-refractivity contribution in [3.05, 3.63) is 58.4 Å². The van der Waals surface area contributed by atoms with Gasteiger partial charge in [0.1, 0.15) is 11.5 Å². The van der Waals surface area contributed by atoms with E-state index in [0.717, 1.165) is 40.4 Å². The van der Waals surface area contributed by atoms with Crippen LogP contribution >= 0.6 is 0 Å². The molecule has 2 aromatic heterocycles. The topological polar surface area (TPSA) is 59.2 Å². The second kappa shape index (κ2) is 6.19. The average Bonchev–Trinajstić information content (AvgIpc) is 3.01. The van der Waals surface area contributed by atoms with E-state index in [4.69, 9.17) is 9.40 Å². The molecule has 27 heavy (non-hydrogen) atoms. The van der Waals surface area contributed by atoms with E-state index < -0.39 is 0 Å². The summed E-state index contributed by atoms with van der Waals surface area (Å²) >= 11 is 0. The lowest BCUT2D eigenvalue weighted by molar-refractivity contribution is 0.0726. The van der Waals surface area contributed by atoms with Crippen molar-refractivity contribution in [2.24, 2.45) is 0 Å². The van der Waals surface area contributed by atoms with Crippen LogP contribution in [0.15, 0.2) is 28.7 Å². The van der Waals surface area contributed by atoms with Gasteiger partial charge in [0.15, 0.2) is 5.89 Å². The van der Waals surface area contributed by atoms with Gasteiger partial charge in [0, 0.05) is 24.3 Å². The van der Waals surface area contributed by atoms with Crippen molar-refractivity contribution in [2.75, 3.05) is 6.54 Å². The molecule has 0 saturated heterocycles. The number of oxazole rings is 1. The third-order valence-electron chi connectivity index (χ3n) is 5.88. The number of rotatable bonds is 2. The van der Waals surface area contributed by atoms with Gasteiger partial charge in [0.2, 0.25) is 0 Å². The Balaban J connectivity index is 1.43. The second-order valence-corrected chi connectivity index (χ2v) is 7.84. The average molecular weight is 361 g/mol. The molecule has 3 heterocycles. The molecular formula is C22H23N3O2. The number of pyridine rings is 1. The first kappa shape index (κ1) is 16.5. The smallest absolute Gasteiger partial charge is 0.256 e. The van der Waals surface area contributed by atoms with Gasteiger partial charge < -0.3 is 9.32 Å². The van der Waals surface area contributed by atoms with Crippen molar-refractivity contribution in [1.82, 2.24) is 14.9 Å². The molecule has 1 aliphatic carbocycles. The maximum atomic E-state index is 13.2. The normalized spacial score (nSPS) is 17.0. The fraction of sp³-hybridized carbons (Fsp3) is 0.409. The Hall–Kier alpha value is -2.69. The number of aromatic nitrogens is 2. The summed E-state index contributed by atoms with van der Waals surface area (Å²) in [5.41, 5.74) is 4.48. The van der Waals surface area contributed by atoms with E-state index in [9.17, 15) is 4.79 Å². The summed E-state index contributed by atoms with van der Waals surface area (Å²) in [6.07, 6.45) is 4.34. The van der Waals surface area contributed by atoms with Crippen LogP contribution in [-0.2, 0) is 13.0 Å². The highest BCUT2D eigenvalue weighted by Gasteiger charge is 2.31. The minimum absolute atomic E-state index is 0.0299. The first-order chi connectivity index (χ1) is 13.1. The third-order valence-corrected chi connectivity index (χ3v) is 5.88. The predicted molar refractivity (Wildman–Crippen MR) is 103 cm³/mol. The number of amides is 1. The van der Waals surface area contributed by atoms with Gasteiger partial charge in [-0.05, 0) is 44.9 Å². The molecule has 1 amide bonds. The molecule has 3 aromatic rings. The molecule has 0 bridgehead atoms. The Morgan fingerprint density at radius 1 is 1.19 bits per heavy atom. The highest BCUT2D eigenvalue weighted by Crippen LogP contribution is 2.37. The zero-order valence-corrected chi connectivity index (χ0v) is 15.8. The SMILES string of the molecule is Cc1ccc2nc(C)c(C(=O)N3CCc4oc(C5CCC5)nc4C3)cc2c1. The van der Waals surface area contributed by atoms with E-state index in [1.807, 2.05) is 30.0 Å². The number of fused-ring (bicyclic) bond motifs is 2. The van der Waals surface area contributed by atoms with Crippen LogP contribution in [-0.4, -0.2) is 27.3 Å². The third kappa shape index (κ3) is 2.82. The van der Waals surface area contributed by atoms with E-state index >= 15 is 0 Å². The molecule has 1 aliphatic heterocycles. The number of nitrogens with zero attached hydrogens (tertiary/aromatic N) is 3. The second-order valence-electron chi connectivity index (χ2n) is 7.84. The van der Waals surface area contributed by atoms with Gasteiger partial charge in [-0.2, -0.15) is 0 Å². The summed E-state index contributed by atoms with van der Waals surface area (Å²) in [4.78, 5) is 24.4. The van der Waals surface area contributed by atoms with E-state index in [0.29, 0.717) is 24.6 Å². The summed E-state index contributed by atoms with van der Waals surface area (Å²) in [5.74, 6) is 2.35. The Morgan fingerprint density at radius 3 is 2.81 bits per heavy atom. The molecule has 0 spiro atoms. The zero-order valence-electron chi connectivity index (χ0n) is 15.8. The Morgan fingerprint density at radius 2 is 2.04 bits per heavy atom. The number of carbonyl (C=O) groups is 1. The lowest BCUT2D eigenvalue weighted by Crippen LogP contribution is -2.36. The Labute approximate surface area is 158 Å². The number of hydrogen-bond donors (Lipinski definition) is 0. The van der Waals surface area contributed by atoms with E-state index in [-0.39, 0.29) is 5.91 Å². The van der Waals surface area contributed by atoms with Crippen molar-refractivity contribution >= 4 is 16.8 Å². The zero-order chi connectivity index (χ0) is 18.5. The summed E-state index contributed by atoms with van der Waals surface area (Å²) in [6.45, 7) is 5.15. The van der Waals surface area contributed by atoms with Crippen molar-refractivity contribution in [3.63, 3.8) is 0 Å². The van der Waals surface area contributed by atoms with Crippen LogP contribution in [0, 0.1) is 13.8 Å². The van der Waals surface area contributed by atoms with Crippen LogP contribution < -0.4 is 0 Å². The van der Waals surface area contributed by atoms with Crippen molar-refractivity contribution in [2.45, 2.75) is 52.0 Å². The van der Waals surface area contributed by atoms with Crippen molar-refractivity contribution < 1.29 is 9.21 Å². The lowest BCUT2D eigenvalue weighted by atomic mass is 9.85. The predicted octanol–water partition coefficient (Wildman–Crippen LogP) is 4.31. The van der Waals surface area contributed by atoms with E-state index in [1.165, 1.54) is 24.8 Å². The lowest BCUT2D eigenvalue weighted by Gasteiger charge is -2.26. The molecule has 0 N–H and O–H groups in total. The fourth-order valence-electron chi connectivity index (χ4n) is 4.00. The minimum Gasteiger partial charge on any atom is -0.445 e. The molecule has 0 radical (unpaired) electrons. The molecule has 2 aliphatic rings. The van der Waals surface area contributed by atoms with Gasteiger partial charge >= 0.3 is 0 Å². The molecule has 5 rings (SSSR count). The number of hydrogen-bond acceptors (Lipinski definition) is 4. The molecule has 1 saturated carbocycles. The largest absolute Gasteiger partial charge is 0.445 e.